The van der Waals surface area contributed by atoms with E-state index in [1.807, 2.05) is 34.6 Å². The predicted octanol–water partition coefficient (Wildman–Crippen LogP) is 2.88. The molecule has 0 aromatic rings. The molecule has 1 unspecified atom stereocenters. The van der Waals surface area contributed by atoms with Crippen LogP contribution in [0.1, 0.15) is 53.9 Å². The van der Waals surface area contributed by atoms with E-state index in [1.54, 1.807) is 0 Å². The van der Waals surface area contributed by atoms with Crippen LogP contribution in [0.15, 0.2) is 0 Å². The highest BCUT2D eigenvalue weighted by atomic mass is 16.5. The second kappa shape index (κ2) is 9.30. The van der Waals surface area contributed by atoms with Crippen molar-refractivity contribution in [3.05, 3.63) is 0 Å². The Morgan fingerprint density at radius 1 is 1.11 bits per heavy atom. The van der Waals surface area contributed by atoms with Crippen LogP contribution in [0, 0.1) is 11.3 Å². The van der Waals surface area contributed by atoms with Gasteiger partial charge < -0.3 is 9.47 Å². The fourth-order valence-electron chi connectivity index (χ4n) is 1.89. The van der Waals surface area contributed by atoms with E-state index in [0.717, 1.165) is 25.8 Å². The van der Waals surface area contributed by atoms with Crippen LogP contribution >= 0.6 is 0 Å². The van der Waals surface area contributed by atoms with Crippen molar-refractivity contribution in [3.8, 4) is 6.07 Å². The molecule has 1 N–H and O–H groups in total. The van der Waals surface area contributed by atoms with E-state index in [0.29, 0.717) is 19.8 Å². The zero-order valence-electron chi connectivity index (χ0n) is 13.2. The Morgan fingerprint density at radius 3 is 2.26 bits per heavy atom. The summed E-state index contributed by atoms with van der Waals surface area (Å²) in [5.41, 5.74) is -0.493. The fourth-order valence-corrected chi connectivity index (χ4v) is 1.89. The van der Waals surface area contributed by atoms with Crippen LogP contribution in [0.5, 0.6) is 0 Å². The van der Waals surface area contributed by atoms with Crippen LogP contribution < -0.4 is 5.32 Å². The normalized spacial score (nSPS) is 14.9. The first-order valence-electron chi connectivity index (χ1n) is 7.27. The maximum absolute atomic E-state index is 9.26. The van der Waals surface area contributed by atoms with Gasteiger partial charge in [-0.05, 0) is 46.6 Å². The third kappa shape index (κ3) is 8.99. The molecule has 4 nitrogen and oxygen atoms in total. The second-order valence-electron chi connectivity index (χ2n) is 5.75. The minimum atomic E-state index is -0.389. The zero-order chi connectivity index (χ0) is 14.8. The van der Waals surface area contributed by atoms with Crippen LogP contribution in [0.2, 0.25) is 0 Å². The standard InChI is InChI=1S/C15H30N2O2/c1-6-15(13-16,17-7-2)9-8-10-18-11-12-19-14(3,4)5/h17H,6-12H2,1-5H3. The summed E-state index contributed by atoms with van der Waals surface area (Å²) < 4.78 is 11.1. The van der Waals surface area contributed by atoms with Gasteiger partial charge in [-0.15, -0.1) is 0 Å². The van der Waals surface area contributed by atoms with Gasteiger partial charge >= 0.3 is 0 Å². The Balaban J connectivity index is 3.70. The van der Waals surface area contributed by atoms with Gasteiger partial charge in [-0.2, -0.15) is 5.26 Å². The number of hydrogen-bond acceptors (Lipinski definition) is 4. The van der Waals surface area contributed by atoms with Crippen molar-refractivity contribution in [1.82, 2.24) is 5.32 Å². The summed E-state index contributed by atoms with van der Waals surface area (Å²) in [5, 5.41) is 12.5. The Bertz CT molecular complexity index is 268. The number of hydrogen-bond donors (Lipinski definition) is 1. The molecule has 0 aliphatic carbocycles. The molecule has 19 heavy (non-hydrogen) atoms. The van der Waals surface area contributed by atoms with Crippen molar-refractivity contribution in [2.45, 2.75) is 65.0 Å². The predicted molar refractivity (Wildman–Crippen MR) is 78.1 cm³/mol. The van der Waals surface area contributed by atoms with Gasteiger partial charge in [0.25, 0.3) is 0 Å². The molecule has 0 saturated heterocycles. The number of ether oxygens (including phenoxy) is 2. The summed E-state index contributed by atoms with van der Waals surface area (Å²) in [4.78, 5) is 0. The third-order valence-electron chi connectivity index (χ3n) is 2.99. The Kier molecular flexibility index (Phi) is 8.99. The van der Waals surface area contributed by atoms with Gasteiger partial charge in [0.15, 0.2) is 0 Å². The quantitative estimate of drug-likeness (QED) is 0.620. The van der Waals surface area contributed by atoms with E-state index in [1.165, 1.54) is 0 Å². The van der Waals surface area contributed by atoms with E-state index in [9.17, 15) is 5.26 Å². The summed E-state index contributed by atoms with van der Waals surface area (Å²) in [5.74, 6) is 0. The van der Waals surface area contributed by atoms with Crippen LogP contribution in [0.25, 0.3) is 0 Å². The van der Waals surface area contributed by atoms with E-state index < -0.39 is 0 Å². The molecule has 0 saturated carbocycles. The second-order valence-corrected chi connectivity index (χ2v) is 5.75. The maximum atomic E-state index is 9.26. The van der Waals surface area contributed by atoms with Crippen molar-refractivity contribution in [2.24, 2.45) is 0 Å². The average Bonchev–Trinajstić information content (AvgIpc) is 2.35. The Labute approximate surface area is 118 Å². The van der Waals surface area contributed by atoms with Crippen molar-refractivity contribution >= 4 is 0 Å². The van der Waals surface area contributed by atoms with Gasteiger partial charge in [-0.3, -0.25) is 5.32 Å². The van der Waals surface area contributed by atoms with Crippen LogP contribution in [-0.2, 0) is 9.47 Å². The molecule has 0 amide bonds. The summed E-state index contributed by atoms with van der Waals surface area (Å²) >= 11 is 0. The Hall–Kier alpha value is -0.630. The molecule has 112 valence electrons. The molecule has 0 spiro atoms. The summed E-state index contributed by atoms with van der Waals surface area (Å²) in [6.45, 7) is 12.9. The van der Waals surface area contributed by atoms with Crippen molar-refractivity contribution < 1.29 is 9.47 Å². The first kappa shape index (κ1) is 18.4. The molecule has 0 radical (unpaired) electrons. The summed E-state index contributed by atoms with van der Waals surface area (Å²) in [7, 11) is 0. The van der Waals surface area contributed by atoms with Gasteiger partial charge in [0.2, 0.25) is 0 Å². The van der Waals surface area contributed by atoms with Crippen LogP contribution in [-0.4, -0.2) is 37.5 Å². The molecule has 0 aliphatic rings. The molecule has 4 heteroatoms. The highest BCUT2D eigenvalue weighted by Crippen LogP contribution is 2.16. The smallest absolute Gasteiger partial charge is 0.106 e. The lowest BCUT2D eigenvalue weighted by Crippen LogP contribution is -2.43. The number of nitrogens with zero attached hydrogens (tertiary/aromatic N) is 1. The molecule has 0 aromatic carbocycles. The van der Waals surface area contributed by atoms with Gasteiger partial charge in [-0.25, -0.2) is 0 Å². The lowest BCUT2D eigenvalue weighted by Gasteiger charge is -2.26. The topological polar surface area (TPSA) is 54.3 Å². The van der Waals surface area contributed by atoms with Crippen molar-refractivity contribution in [3.63, 3.8) is 0 Å². The molecule has 0 rings (SSSR count). The average molecular weight is 270 g/mol. The molecule has 0 heterocycles. The number of nitriles is 1. The van der Waals surface area contributed by atoms with Gasteiger partial charge in [-0.1, -0.05) is 13.8 Å². The SMILES string of the molecule is CCNC(C#N)(CC)CCCOCCOC(C)(C)C. The summed E-state index contributed by atoms with van der Waals surface area (Å²) in [6.07, 6.45) is 2.54. The van der Waals surface area contributed by atoms with Crippen molar-refractivity contribution in [1.29, 1.82) is 5.26 Å². The number of nitrogens with one attached hydrogen (secondary N) is 1. The lowest BCUT2D eigenvalue weighted by atomic mass is 9.92. The first-order chi connectivity index (χ1) is 8.89. The molecule has 0 aromatic heterocycles. The largest absolute Gasteiger partial charge is 0.379 e. The van der Waals surface area contributed by atoms with E-state index in [-0.39, 0.29) is 11.1 Å². The minimum Gasteiger partial charge on any atom is -0.379 e. The molecule has 1 atom stereocenters. The van der Waals surface area contributed by atoms with E-state index in [2.05, 4.69) is 11.4 Å². The zero-order valence-corrected chi connectivity index (χ0v) is 13.2. The molecule has 0 bridgehead atoms. The molecular formula is C15H30N2O2. The molecular weight excluding hydrogens is 240 g/mol. The van der Waals surface area contributed by atoms with Crippen molar-refractivity contribution in [2.75, 3.05) is 26.4 Å². The molecule has 0 aliphatic heterocycles. The minimum absolute atomic E-state index is 0.105. The van der Waals surface area contributed by atoms with Crippen LogP contribution in [0.4, 0.5) is 0 Å². The van der Waals surface area contributed by atoms with Gasteiger partial charge in [0, 0.05) is 6.61 Å². The first-order valence-corrected chi connectivity index (χ1v) is 7.27. The highest BCUT2D eigenvalue weighted by Gasteiger charge is 2.25. The third-order valence-corrected chi connectivity index (χ3v) is 2.99. The maximum Gasteiger partial charge on any atom is 0.106 e. The van der Waals surface area contributed by atoms with E-state index >= 15 is 0 Å². The van der Waals surface area contributed by atoms with Gasteiger partial charge in [0.05, 0.1) is 24.9 Å². The van der Waals surface area contributed by atoms with Crippen LogP contribution in [0.3, 0.4) is 0 Å². The Morgan fingerprint density at radius 2 is 1.79 bits per heavy atom. The van der Waals surface area contributed by atoms with Gasteiger partial charge in [0.1, 0.15) is 5.54 Å². The molecule has 0 fully saturated rings. The highest BCUT2D eigenvalue weighted by molar-refractivity contribution is 5.05. The fraction of sp³-hybridized carbons (Fsp3) is 0.933. The van der Waals surface area contributed by atoms with E-state index in [4.69, 9.17) is 9.47 Å². The lowest BCUT2D eigenvalue weighted by molar-refractivity contribution is -0.0354. The number of rotatable bonds is 10. The summed E-state index contributed by atoms with van der Waals surface area (Å²) in [6, 6.07) is 2.40. The monoisotopic (exact) mass is 270 g/mol.